The maximum absolute atomic E-state index is 9.54. The molecule has 2 nitrogen and oxygen atoms in total. The van der Waals surface area contributed by atoms with Crippen LogP contribution in [0.25, 0.3) is 0 Å². The molecule has 0 saturated heterocycles. The van der Waals surface area contributed by atoms with Crippen molar-refractivity contribution in [3.8, 4) is 0 Å². The van der Waals surface area contributed by atoms with E-state index in [2.05, 4.69) is 37.3 Å². The minimum absolute atomic E-state index is 0.0282. The first-order valence-corrected chi connectivity index (χ1v) is 14.9. The molecule has 0 amide bonds. The number of benzene rings is 1. The molecule has 32 heavy (non-hydrogen) atoms. The zero-order valence-corrected chi connectivity index (χ0v) is 21.9. The largest absolute Gasteiger partial charge is 0.394 e. The van der Waals surface area contributed by atoms with Gasteiger partial charge in [-0.25, -0.2) is 0 Å². The highest BCUT2D eigenvalue weighted by Crippen LogP contribution is 2.14. The van der Waals surface area contributed by atoms with Crippen molar-refractivity contribution >= 4 is 11.8 Å². The average molecular weight is 465 g/mol. The third-order valence-corrected chi connectivity index (χ3v) is 7.39. The van der Waals surface area contributed by atoms with Gasteiger partial charge in [0.2, 0.25) is 0 Å². The highest BCUT2D eigenvalue weighted by Gasteiger charge is 2.07. The van der Waals surface area contributed by atoms with Gasteiger partial charge in [0.25, 0.3) is 0 Å². The van der Waals surface area contributed by atoms with E-state index in [-0.39, 0.29) is 12.7 Å². The second-order valence-corrected chi connectivity index (χ2v) is 10.4. The molecule has 1 aromatic carbocycles. The van der Waals surface area contributed by atoms with E-state index in [0.717, 1.165) is 18.8 Å². The number of ether oxygens (including phenoxy) is 1. The molecule has 1 N–H and O–H groups in total. The summed E-state index contributed by atoms with van der Waals surface area (Å²) in [7, 11) is 0. The number of thioether (sulfide) groups is 1. The average Bonchev–Trinajstić information content (AvgIpc) is 2.83. The van der Waals surface area contributed by atoms with Gasteiger partial charge in [-0.15, -0.1) is 0 Å². The number of hydrogen-bond donors (Lipinski definition) is 1. The first kappa shape index (κ1) is 29.5. The van der Waals surface area contributed by atoms with E-state index in [9.17, 15) is 5.11 Å². The number of rotatable bonds is 24. The Hall–Kier alpha value is -0.510. The Morgan fingerprint density at radius 1 is 0.719 bits per heavy atom. The van der Waals surface area contributed by atoms with Gasteiger partial charge < -0.3 is 9.84 Å². The molecule has 0 aliphatic rings. The first-order valence-electron chi connectivity index (χ1n) is 13.7. The van der Waals surface area contributed by atoms with Gasteiger partial charge in [-0.05, 0) is 37.0 Å². The molecule has 3 heteroatoms. The van der Waals surface area contributed by atoms with Crippen LogP contribution in [0.4, 0.5) is 0 Å². The smallest absolute Gasteiger partial charge is 0.0895 e. The monoisotopic (exact) mass is 464 g/mol. The molecular weight excluding hydrogens is 412 g/mol. The predicted molar refractivity (Wildman–Crippen MR) is 144 cm³/mol. The number of aliphatic hydroxyl groups is 1. The fourth-order valence-corrected chi connectivity index (χ4v) is 5.13. The van der Waals surface area contributed by atoms with Crippen molar-refractivity contribution in [3.05, 3.63) is 35.9 Å². The van der Waals surface area contributed by atoms with Crippen LogP contribution in [0.3, 0.4) is 0 Å². The summed E-state index contributed by atoms with van der Waals surface area (Å²) in [6, 6.07) is 10.9. The van der Waals surface area contributed by atoms with E-state index < -0.39 is 0 Å². The van der Waals surface area contributed by atoms with Crippen LogP contribution in [0, 0.1) is 0 Å². The van der Waals surface area contributed by atoms with Gasteiger partial charge in [0.05, 0.1) is 12.7 Å². The highest BCUT2D eigenvalue weighted by atomic mass is 32.2. The Balaban J connectivity index is 1.79. The van der Waals surface area contributed by atoms with Crippen LogP contribution >= 0.6 is 11.8 Å². The Morgan fingerprint density at radius 2 is 1.28 bits per heavy atom. The van der Waals surface area contributed by atoms with E-state index in [0.29, 0.717) is 0 Å². The lowest BCUT2D eigenvalue weighted by molar-refractivity contribution is 0.0260. The molecule has 0 fully saturated rings. The Morgan fingerprint density at radius 3 is 1.91 bits per heavy atom. The van der Waals surface area contributed by atoms with Crippen LogP contribution in [0.1, 0.15) is 115 Å². The fourth-order valence-electron chi connectivity index (χ4n) is 4.09. The molecule has 0 spiro atoms. The maximum atomic E-state index is 9.54. The number of hydrogen-bond acceptors (Lipinski definition) is 3. The first-order chi connectivity index (χ1) is 15.9. The third kappa shape index (κ3) is 19.0. The summed E-state index contributed by atoms with van der Waals surface area (Å²) in [6.07, 6.45) is 22.7. The van der Waals surface area contributed by atoms with Crippen LogP contribution in [0.15, 0.2) is 30.3 Å². The van der Waals surface area contributed by atoms with Crippen molar-refractivity contribution in [1.29, 1.82) is 0 Å². The summed E-state index contributed by atoms with van der Waals surface area (Å²) < 4.78 is 5.89. The Bertz CT molecular complexity index is 479. The number of unbranched alkanes of at least 4 members (excludes halogenated alkanes) is 14. The molecular formula is C29H52O2S. The van der Waals surface area contributed by atoms with Gasteiger partial charge in [0.1, 0.15) is 0 Å². The molecule has 1 atom stereocenters. The summed E-state index contributed by atoms with van der Waals surface area (Å²) in [5, 5.41) is 9.54. The normalized spacial score (nSPS) is 12.3. The third-order valence-electron chi connectivity index (χ3n) is 6.21. The summed E-state index contributed by atoms with van der Waals surface area (Å²) >= 11 is 1.95. The van der Waals surface area contributed by atoms with Crippen molar-refractivity contribution in [2.24, 2.45) is 0 Å². The molecule has 1 rings (SSSR count). The van der Waals surface area contributed by atoms with Crippen LogP contribution in [-0.4, -0.2) is 35.9 Å². The summed E-state index contributed by atoms with van der Waals surface area (Å²) in [5.74, 6) is 2.14. The number of aryl methyl sites for hydroxylation is 1. The van der Waals surface area contributed by atoms with Gasteiger partial charge in [-0.1, -0.05) is 121 Å². The van der Waals surface area contributed by atoms with E-state index in [1.54, 1.807) is 0 Å². The van der Waals surface area contributed by atoms with Gasteiger partial charge in [-0.2, -0.15) is 11.8 Å². The van der Waals surface area contributed by atoms with E-state index in [1.165, 1.54) is 114 Å². The van der Waals surface area contributed by atoms with Crippen LogP contribution in [0.5, 0.6) is 0 Å². The lowest BCUT2D eigenvalue weighted by Gasteiger charge is -2.15. The summed E-state index contributed by atoms with van der Waals surface area (Å²) in [4.78, 5) is 0. The molecule has 0 unspecified atom stereocenters. The van der Waals surface area contributed by atoms with Crippen LogP contribution < -0.4 is 0 Å². The molecule has 0 radical (unpaired) electrons. The number of aliphatic hydroxyl groups excluding tert-OH is 1. The second-order valence-electron chi connectivity index (χ2n) is 9.29. The van der Waals surface area contributed by atoms with E-state index >= 15 is 0 Å². The second kappa shape index (κ2) is 23.6. The molecule has 0 heterocycles. The van der Waals surface area contributed by atoms with E-state index in [4.69, 9.17) is 4.74 Å². The predicted octanol–water partition coefficient (Wildman–Crippen LogP) is 8.60. The minimum Gasteiger partial charge on any atom is -0.394 e. The molecule has 0 saturated carbocycles. The summed E-state index contributed by atoms with van der Waals surface area (Å²) in [5.41, 5.74) is 1.48. The SMILES string of the molecule is CCCCCCCCCCO[C@H](CO)CSCCCCCCCCCCc1ccccc1. The summed E-state index contributed by atoms with van der Waals surface area (Å²) in [6.45, 7) is 3.24. The molecule has 0 bridgehead atoms. The molecule has 1 aromatic rings. The Kier molecular flexibility index (Phi) is 21.8. The fraction of sp³-hybridized carbons (Fsp3) is 0.793. The highest BCUT2D eigenvalue weighted by molar-refractivity contribution is 7.99. The maximum Gasteiger partial charge on any atom is 0.0895 e. The molecule has 0 aromatic heterocycles. The van der Waals surface area contributed by atoms with Gasteiger partial charge >= 0.3 is 0 Å². The lowest BCUT2D eigenvalue weighted by Crippen LogP contribution is -2.21. The van der Waals surface area contributed by atoms with Crippen molar-refractivity contribution in [2.75, 3.05) is 24.7 Å². The lowest BCUT2D eigenvalue weighted by atomic mass is 10.0. The van der Waals surface area contributed by atoms with Crippen molar-refractivity contribution in [2.45, 2.75) is 122 Å². The molecule has 0 aliphatic heterocycles. The van der Waals surface area contributed by atoms with Crippen molar-refractivity contribution in [3.63, 3.8) is 0 Å². The Labute approximate surface area is 204 Å². The standard InChI is InChI=1S/C29H52O2S/c1-2-3-4-5-6-10-13-19-24-31-29(26-30)27-32-25-20-14-11-8-7-9-12-16-21-28-22-17-15-18-23-28/h15,17-18,22-23,29-30H,2-14,16,19-21,24-27H2,1H3/t29-/m1/s1. The minimum atomic E-state index is 0.0282. The van der Waals surface area contributed by atoms with Gasteiger partial charge in [0, 0.05) is 12.4 Å². The van der Waals surface area contributed by atoms with Gasteiger partial charge in [0.15, 0.2) is 0 Å². The zero-order valence-electron chi connectivity index (χ0n) is 21.1. The van der Waals surface area contributed by atoms with E-state index in [1.807, 2.05) is 11.8 Å². The van der Waals surface area contributed by atoms with Crippen molar-refractivity contribution < 1.29 is 9.84 Å². The molecule has 186 valence electrons. The van der Waals surface area contributed by atoms with Crippen LogP contribution in [-0.2, 0) is 11.2 Å². The quantitative estimate of drug-likeness (QED) is 0.155. The van der Waals surface area contributed by atoms with Crippen molar-refractivity contribution in [1.82, 2.24) is 0 Å². The topological polar surface area (TPSA) is 29.5 Å². The van der Waals surface area contributed by atoms with Crippen LogP contribution in [0.2, 0.25) is 0 Å². The zero-order chi connectivity index (χ0) is 23.0. The van der Waals surface area contributed by atoms with Gasteiger partial charge in [-0.3, -0.25) is 0 Å². The molecule has 0 aliphatic carbocycles.